The van der Waals surface area contributed by atoms with Gasteiger partial charge >= 0.3 is 0 Å². The van der Waals surface area contributed by atoms with Crippen molar-refractivity contribution in [2.75, 3.05) is 29.9 Å². The Morgan fingerprint density at radius 2 is 1.95 bits per heavy atom. The van der Waals surface area contributed by atoms with Crippen LogP contribution in [0.3, 0.4) is 0 Å². The van der Waals surface area contributed by atoms with Gasteiger partial charge in [-0.25, -0.2) is 4.98 Å². The third-order valence-electron chi connectivity index (χ3n) is 2.05. The van der Waals surface area contributed by atoms with Crippen molar-refractivity contribution in [1.29, 1.82) is 0 Å². The van der Waals surface area contributed by atoms with E-state index in [9.17, 15) is 9.59 Å². The Bertz CT molecular complexity index is 465. The van der Waals surface area contributed by atoms with Gasteiger partial charge in [-0.1, -0.05) is 11.6 Å². The molecule has 0 aromatic carbocycles. The van der Waals surface area contributed by atoms with Crippen LogP contribution >= 0.6 is 11.6 Å². The van der Waals surface area contributed by atoms with Crippen LogP contribution in [0, 0.1) is 0 Å². The van der Waals surface area contributed by atoms with E-state index in [-0.39, 0.29) is 23.9 Å². The standard InChI is InChI=1S/C10H15ClN6O2/c1-2-14-10-15-3-6(11)9(16-10)17(4-7(12)18)5-8(13)19/h3H,2,4-5H2,1H3,(H2,12,18)(H2,13,19)(H,14,15,16). The van der Waals surface area contributed by atoms with E-state index in [1.54, 1.807) is 0 Å². The van der Waals surface area contributed by atoms with E-state index in [2.05, 4.69) is 15.3 Å². The SMILES string of the molecule is CCNc1ncc(Cl)c(N(CC(N)=O)CC(N)=O)n1. The number of aromatic nitrogens is 2. The van der Waals surface area contributed by atoms with Crippen molar-refractivity contribution in [1.82, 2.24) is 9.97 Å². The molecule has 0 aliphatic rings. The number of nitrogens with zero attached hydrogens (tertiary/aromatic N) is 3. The Labute approximate surface area is 115 Å². The maximum Gasteiger partial charge on any atom is 0.237 e. The normalized spacial score (nSPS) is 10.0. The summed E-state index contributed by atoms with van der Waals surface area (Å²) in [7, 11) is 0. The number of anilines is 2. The van der Waals surface area contributed by atoms with E-state index in [1.807, 2.05) is 6.92 Å². The molecule has 1 rings (SSSR count). The molecule has 0 fully saturated rings. The van der Waals surface area contributed by atoms with Crippen LogP contribution in [0.25, 0.3) is 0 Å². The molecule has 9 heteroatoms. The minimum absolute atomic E-state index is 0.198. The number of rotatable bonds is 7. The zero-order chi connectivity index (χ0) is 14.4. The smallest absolute Gasteiger partial charge is 0.237 e. The average Bonchev–Trinajstić information content (AvgIpc) is 2.30. The van der Waals surface area contributed by atoms with Crippen molar-refractivity contribution in [3.05, 3.63) is 11.2 Å². The molecular weight excluding hydrogens is 272 g/mol. The van der Waals surface area contributed by atoms with Crippen LogP contribution in [-0.4, -0.2) is 41.4 Å². The molecule has 0 radical (unpaired) electrons. The van der Waals surface area contributed by atoms with Crippen molar-refractivity contribution in [2.45, 2.75) is 6.92 Å². The second-order valence-corrected chi connectivity index (χ2v) is 4.09. The van der Waals surface area contributed by atoms with E-state index in [1.165, 1.54) is 11.1 Å². The first-order valence-electron chi connectivity index (χ1n) is 5.52. The molecule has 0 saturated carbocycles. The van der Waals surface area contributed by atoms with Crippen LogP contribution < -0.4 is 21.7 Å². The first-order chi connectivity index (χ1) is 8.93. The van der Waals surface area contributed by atoms with Gasteiger partial charge in [-0.2, -0.15) is 4.98 Å². The summed E-state index contributed by atoms with van der Waals surface area (Å²) >= 11 is 5.96. The van der Waals surface area contributed by atoms with Crippen LogP contribution in [0.2, 0.25) is 5.02 Å². The number of carbonyl (C=O) groups excluding carboxylic acids is 2. The fourth-order valence-electron chi connectivity index (χ4n) is 1.41. The second kappa shape index (κ2) is 6.74. The lowest BCUT2D eigenvalue weighted by atomic mass is 10.4. The molecule has 0 atom stereocenters. The summed E-state index contributed by atoms with van der Waals surface area (Å²) in [4.78, 5) is 31.4. The molecule has 0 unspecified atom stereocenters. The van der Waals surface area contributed by atoms with E-state index in [4.69, 9.17) is 23.1 Å². The number of hydrogen-bond donors (Lipinski definition) is 3. The maximum atomic E-state index is 11.0. The van der Waals surface area contributed by atoms with Gasteiger partial charge in [0.25, 0.3) is 0 Å². The Morgan fingerprint density at radius 3 is 2.42 bits per heavy atom. The summed E-state index contributed by atoms with van der Waals surface area (Å²) in [5.74, 6) is -0.687. The van der Waals surface area contributed by atoms with Crippen LogP contribution in [0.1, 0.15) is 6.92 Å². The second-order valence-electron chi connectivity index (χ2n) is 3.68. The van der Waals surface area contributed by atoms with Crippen molar-refractivity contribution in [2.24, 2.45) is 11.5 Å². The lowest BCUT2D eigenvalue weighted by Crippen LogP contribution is -2.40. The van der Waals surface area contributed by atoms with E-state index in [0.717, 1.165) is 0 Å². The quantitative estimate of drug-likeness (QED) is 0.610. The number of amides is 2. The lowest BCUT2D eigenvalue weighted by molar-refractivity contribution is -0.117. The van der Waals surface area contributed by atoms with Gasteiger partial charge in [-0.05, 0) is 6.92 Å². The average molecular weight is 287 g/mol. The largest absolute Gasteiger partial charge is 0.368 e. The van der Waals surface area contributed by atoms with Crippen LogP contribution in [-0.2, 0) is 9.59 Å². The molecule has 1 heterocycles. The highest BCUT2D eigenvalue weighted by molar-refractivity contribution is 6.33. The minimum atomic E-state index is -0.624. The molecule has 104 valence electrons. The Kier molecular flexibility index (Phi) is 5.31. The highest BCUT2D eigenvalue weighted by Gasteiger charge is 2.17. The molecule has 5 N–H and O–H groups in total. The van der Waals surface area contributed by atoms with Crippen LogP contribution in [0.4, 0.5) is 11.8 Å². The van der Waals surface area contributed by atoms with Crippen molar-refractivity contribution < 1.29 is 9.59 Å². The summed E-state index contributed by atoms with van der Waals surface area (Å²) < 4.78 is 0. The van der Waals surface area contributed by atoms with Crippen molar-refractivity contribution in [3.63, 3.8) is 0 Å². The third-order valence-corrected chi connectivity index (χ3v) is 2.32. The van der Waals surface area contributed by atoms with Crippen LogP contribution in [0.15, 0.2) is 6.20 Å². The number of nitrogens with one attached hydrogen (secondary N) is 1. The van der Waals surface area contributed by atoms with Gasteiger partial charge in [0, 0.05) is 6.54 Å². The molecule has 0 spiro atoms. The number of hydrogen-bond acceptors (Lipinski definition) is 6. The molecule has 0 bridgehead atoms. The van der Waals surface area contributed by atoms with E-state index < -0.39 is 11.8 Å². The molecule has 19 heavy (non-hydrogen) atoms. The van der Waals surface area contributed by atoms with Gasteiger partial charge in [-0.3, -0.25) is 9.59 Å². The first-order valence-corrected chi connectivity index (χ1v) is 5.89. The molecule has 1 aromatic heterocycles. The van der Waals surface area contributed by atoms with Gasteiger partial charge in [0.05, 0.1) is 19.3 Å². The predicted molar refractivity (Wildman–Crippen MR) is 71.8 cm³/mol. The van der Waals surface area contributed by atoms with Crippen molar-refractivity contribution >= 4 is 35.2 Å². The minimum Gasteiger partial charge on any atom is -0.368 e. The Balaban J connectivity index is 3.08. The number of primary amides is 2. The monoisotopic (exact) mass is 286 g/mol. The number of carbonyl (C=O) groups is 2. The van der Waals surface area contributed by atoms with E-state index >= 15 is 0 Å². The highest BCUT2D eigenvalue weighted by Crippen LogP contribution is 2.23. The highest BCUT2D eigenvalue weighted by atomic mass is 35.5. The van der Waals surface area contributed by atoms with E-state index in [0.29, 0.717) is 12.5 Å². The maximum absolute atomic E-state index is 11.0. The number of nitrogens with two attached hydrogens (primary N) is 2. The summed E-state index contributed by atoms with van der Waals surface area (Å²) in [5.41, 5.74) is 10.2. The molecule has 0 saturated heterocycles. The molecule has 2 amide bonds. The molecular formula is C10H15ClN6O2. The van der Waals surface area contributed by atoms with Crippen LogP contribution in [0.5, 0.6) is 0 Å². The fraction of sp³-hybridized carbons (Fsp3) is 0.400. The molecule has 1 aromatic rings. The molecule has 0 aliphatic carbocycles. The lowest BCUT2D eigenvalue weighted by Gasteiger charge is -2.21. The molecule has 0 aliphatic heterocycles. The zero-order valence-corrected chi connectivity index (χ0v) is 11.1. The first kappa shape index (κ1) is 15.0. The van der Waals surface area contributed by atoms with Gasteiger partial charge in [0.1, 0.15) is 5.02 Å². The van der Waals surface area contributed by atoms with Gasteiger partial charge in [0.2, 0.25) is 17.8 Å². The Morgan fingerprint density at radius 1 is 1.37 bits per heavy atom. The Hall–Kier alpha value is -2.09. The van der Waals surface area contributed by atoms with Gasteiger partial charge in [0.15, 0.2) is 5.82 Å². The summed E-state index contributed by atoms with van der Waals surface area (Å²) in [6, 6.07) is 0. The third kappa shape index (κ3) is 4.59. The topological polar surface area (TPSA) is 127 Å². The summed E-state index contributed by atoms with van der Waals surface area (Å²) in [6.07, 6.45) is 1.37. The molecule has 8 nitrogen and oxygen atoms in total. The van der Waals surface area contributed by atoms with Gasteiger partial charge < -0.3 is 21.7 Å². The zero-order valence-electron chi connectivity index (χ0n) is 10.4. The summed E-state index contributed by atoms with van der Waals surface area (Å²) in [5, 5.41) is 3.10. The fourth-order valence-corrected chi connectivity index (χ4v) is 1.62. The van der Waals surface area contributed by atoms with Crippen molar-refractivity contribution in [3.8, 4) is 0 Å². The predicted octanol–water partition coefficient (Wildman–Crippen LogP) is -0.661. The summed E-state index contributed by atoms with van der Waals surface area (Å²) in [6.45, 7) is 2.06. The van der Waals surface area contributed by atoms with Gasteiger partial charge in [-0.15, -0.1) is 0 Å². The number of halogens is 1.